The third kappa shape index (κ3) is 1.85. The minimum absolute atomic E-state index is 0.0913. The van der Waals surface area contributed by atoms with E-state index in [9.17, 15) is 4.79 Å². The molecule has 0 aliphatic rings. The zero-order valence-electron chi connectivity index (χ0n) is 12.7. The van der Waals surface area contributed by atoms with Crippen LogP contribution in [0.4, 0.5) is 0 Å². The van der Waals surface area contributed by atoms with E-state index in [-0.39, 0.29) is 41.1 Å². The number of hydrogen-bond donors (Lipinski definition) is 3. The van der Waals surface area contributed by atoms with Gasteiger partial charge < -0.3 is 15.8 Å². The number of carboxylic acids is 1. The van der Waals surface area contributed by atoms with Gasteiger partial charge in [-0.05, 0) is 11.6 Å². The van der Waals surface area contributed by atoms with E-state index in [0.717, 1.165) is 0 Å². The molecule has 0 unspecified atom stereocenters. The summed E-state index contributed by atoms with van der Waals surface area (Å²) in [6.07, 6.45) is -0.334. The van der Waals surface area contributed by atoms with Crippen molar-refractivity contribution in [1.29, 1.82) is 0 Å². The zero-order valence-corrected chi connectivity index (χ0v) is 7.72. The quantitative estimate of drug-likeness (QED) is 0.708. The highest BCUT2D eigenvalue weighted by molar-refractivity contribution is 5.84. The van der Waals surface area contributed by atoms with Gasteiger partial charge in [0.2, 0.25) is 0 Å². The molecule has 1 aromatic carbocycles. The molecule has 0 saturated heterocycles. The highest BCUT2D eigenvalue weighted by atomic mass is 16.4. The number of aromatic nitrogens is 1. The van der Waals surface area contributed by atoms with Crippen molar-refractivity contribution in [2.24, 2.45) is 5.73 Å². The number of hydrogen-bond acceptors (Lipinski definition) is 2. The van der Waals surface area contributed by atoms with Gasteiger partial charge in [-0.1, -0.05) is 18.1 Å². The predicted octanol–water partition coefficient (Wildman–Crippen LogP) is 1.12. The molecule has 1 atom stereocenters. The highest BCUT2D eigenvalue weighted by Gasteiger charge is 2.14. The molecule has 78 valence electrons. The summed E-state index contributed by atoms with van der Waals surface area (Å²) in [4.78, 5) is 13.4. The number of nitrogens with one attached hydrogen (secondary N) is 1. The van der Waals surface area contributed by atoms with Gasteiger partial charge in [-0.2, -0.15) is 0 Å². The Hall–Kier alpha value is -1.81. The van der Waals surface area contributed by atoms with Crippen LogP contribution in [-0.4, -0.2) is 22.1 Å². The predicted molar refractivity (Wildman–Crippen MR) is 57.6 cm³/mol. The molecule has 0 amide bonds. The molecule has 0 fully saturated rings. The molecule has 0 radical (unpaired) electrons. The summed E-state index contributed by atoms with van der Waals surface area (Å²) in [5, 5.41) is 8.94. The summed E-state index contributed by atoms with van der Waals surface area (Å²) >= 11 is 0. The fraction of sp³-hybridized carbons (Fsp3) is 0.182. The van der Waals surface area contributed by atoms with Gasteiger partial charge in [0.15, 0.2) is 0 Å². The number of nitrogens with two attached hydrogens (primary N) is 1. The number of carbonyl (C=O) groups is 1. The lowest BCUT2D eigenvalue weighted by molar-refractivity contribution is -0.138. The summed E-state index contributed by atoms with van der Waals surface area (Å²) in [6, 6.07) is -2.66. The first-order valence-electron chi connectivity index (χ1n) is 6.81. The normalized spacial score (nSPS) is 17.5. The number of benzene rings is 1. The van der Waals surface area contributed by atoms with Gasteiger partial charge in [-0.25, -0.2) is 0 Å². The van der Waals surface area contributed by atoms with E-state index < -0.39 is 24.1 Å². The van der Waals surface area contributed by atoms with Crippen molar-refractivity contribution < 1.29 is 16.8 Å². The first-order valence-corrected chi connectivity index (χ1v) is 4.31. The van der Waals surface area contributed by atoms with Crippen LogP contribution >= 0.6 is 0 Å². The minimum Gasteiger partial charge on any atom is -0.480 e. The Morgan fingerprint density at radius 3 is 3.07 bits per heavy atom. The molecule has 15 heavy (non-hydrogen) atoms. The van der Waals surface area contributed by atoms with Crippen molar-refractivity contribution in [3.63, 3.8) is 0 Å². The molecule has 2 aromatic rings. The molecule has 2 rings (SSSR count). The lowest BCUT2D eigenvalue weighted by Gasteiger charge is -2.04. The second kappa shape index (κ2) is 3.74. The maximum absolute atomic E-state index is 10.8. The van der Waals surface area contributed by atoms with E-state index in [1.54, 1.807) is 0 Å². The Morgan fingerprint density at radius 1 is 1.60 bits per heavy atom. The first kappa shape index (κ1) is 5.32. The smallest absolute Gasteiger partial charge is 0.320 e. The zero-order chi connectivity index (χ0) is 15.2. The molecule has 1 heterocycles. The van der Waals surface area contributed by atoms with Crippen LogP contribution in [0.2, 0.25) is 0 Å². The summed E-state index contributed by atoms with van der Waals surface area (Å²) < 4.78 is 38.6. The van der Waals surface area contributed by atoms with E-state index in [2.05, 4.69) is 4.98 Å². The van der Waals surface area contributed by atoms with Crippen LogP contribution in [0, 0.1) is 0 Å². The van der Waals surface area contributed by atoms with Crippen LogP contribution in [0.15, 0.2) is 30.3 Å². The number of fused-ring (bicyclic) bond motifs is 1. The van der Waals surface area contributed by atoms with Crippen molar-refractivity contribution in [3.05, 3.63) is 35.9 Å². The summed E-state index contributed by atoms with van der Waals surface area (Å²) in [7, 11) is 0. The van der Waals surface area contributed by atoms with E-state index in [1.165, 1.54) is 0 Å². The Morgan fingerprint density at radius 2 is 2.33 bits per heavy atom. The maximum atomic E-state index is 10.8. The third-order valence-corrected chi connectivity index (χ3v) is 2.07. The monoisotopic (exact) mass is 209 g/mol. The number of aliphatic carboxylic acids is 1. The van der Waals surface area contributed by atoms with Gasteiger partial charge in [0.1, 0.15) is 6.04 Å². The van der Waals surface area contributed by atoms with E-state index in [4.69, 9.17) is 17.7 Å². The molecule has 0 bridgehead atoms. The number of rotatable bonds is 3. The van der Waals surface area contributed by atoms with Crippen molar-refractivity contribution in [2.75, 3.05) is 0 Å². The van der Waals surface area contributed by atoms with Crippen LogP contribution in [-0.2, 0) is 11.2 Å². The lowest BCUT2D eigenvalue weighted by Crippen LogP contribution is -2.32. The molecule has 0 aliphatic carbocycles. The first-order chi connectivity index (χ1) is 9.25. The molecule has 0 saturated carbocycles. The van der Waals surface area contributed by atoms with Gasteiger partial charge in [-0.15, -0.1) is 0 Å². The maximum Gasteiger partial charge on any atom is 0.320 e. The summed E-state index contributed by atoms with van der Waals surface area (Å²) in [5.74, 6) is -1.24. The molecular formula is C11H12N2O2. The number of H-pyrrole nitrogens is 1. The lowest BCUT2D eigenvalue weighted by atomic mass is 10.1. The van der Waals surface area contributed by atoms with E-state index >= 15 is 0 Å². The molecule has 1 aromatic heterocycles. The second-order valence-corrected chi connectivity index (χ2v) is 3.13. The Labute approximate surface area is 93.7 Å². The van der Waals surface area contributed by atoms with E-state index in [0.29, 0.717) is 0 Å². The van der Waals surface area contributed by atoms with Gasteiger partial charge in [0.25, 0.3) is 0 Å². The van der Waals surface area contributed by atoms with Crippen LogP contribution in [0.5, 0.6) is 0 Å². The van der Waals surface area contributed by atoms with Gasteiger partial charge >= 0.3 is 5.97 Å². The van der Waals surface area contributed by atoms with Gasteiger partial charge in [0.05, 0.1) is 6.85 Å². The second-order valence-electron chi connectivity index (χ2n) is 3.13. The molecule has 4 nitrogen and oxygen atoms in total. The average Bonchev–Trinajstić information content (AvgIpc) is 2.71. The van der Waals surface area contributed by atoms with Crippen molar-refractivity contribution >= 4 is 16.9 Å². The molecule has 4 heteroatoms. The standard InChI is InChI=1S/C11H12N2O2/c12-9(11(14)15)5-7-6-13-10-4-2-1-3-8(7)10/h1-4,6,9,13H,5,12H2,(H,14,15)/t9-/m0/s1/i1D,2D,3D,4D,6D. The highest BCUT2D eigenvalue weighted by Crippen LogP contribution is 2.18. The number of carboxylic acid groups (broad SMARTS) is 1. The minimum atomic E-state index is -1.24. The average molecular weight is 209 g/mol. The Kier molecular flexibility index (Phi) is 1.33. The summed E-state index contributed by atoms with van der Waals surface area (Å²) in [6.45, 7) is 0. The molecule has 4 N–H and O–H groups in total. The van der Waals surface area contributed by atoms with Gasteiger partial charge in [-0.3, -0.25) is 4.79 Å². The van der Waals surface area contributed by atoms with Crippen LogP contribution in [0.3, 0.4) is 0 Å². The fourth-order valence-corrected chi connectivity index (χ4v) is 1.29. The van der Waals surface area contributed by atoms with Crippen LogP contribution in [0.25, 0.3) is 10.9 Å². The number of aromatic amines is 1. The van der Waals surface area contributed by atoms with Crippen molar-refractivity contribution in [3.8, 4) is 0 Å². The largest absolute Gasteiger partial charge is 0.480 e. The fourth-order valence-electron chi connectivity index (χ4n) is 1.29. The third-order valence-electron chi connectivity index (χ3n) is 2.07. The van der Waals surface area contributed by atoms with Crippen LogP contribution < -0.4 is 5.73 Å². The Bertz CT molecular complexity index is 713. The number of para-hydroxylation sites is 1. The SMILES string of the molecule is [2H]c1[nH]c2c([2H])c([2H])c([2H])c([2H])c2c1C[C@H](N)C(=O)O. The van der Waals surface area contributed by atoms with Crippen molar-refractivity contribution in [2.45, 2.75) is 12.5 Å². The Balaban J connectivity index is 2.73. The van der Waals surface area contributed by atoms with E-state index in [1.807, 2.05) is 0 Å². The van der Waals surface area contributed by atoms with Crippen molar-refractivity contribution in [1.82, 2.24) is 4.98 Å². The molecule has 0 aliphatic heterocycles. The summed E-state index contributed by atoms with van der Waals surface area (Å²) in [5.41, 5.74) is 5.71. The molecular weight excluding hydrogens is 192 g/mol. The topological polar surface area (TPSA) is 79.1 Å². The molecule has 0 spiro atoms. The van der Waals surface area contributed by atoms with Gasteiger partial charge in [0, 0.05) is 23.5 Å². The van der Waals surface area contributed by atoms with Crippen LogP contribution in [0.1, 0.15) is 12.4 Å².